The standard InChI is InChI=1S/C25H21NO4S/c27-25(28)21-8-3-5-19(17-21)12-11-18-13-15-22(16-14-18)26-31(29,30)24-10-4-7-20-6-1-2-9-23(20)24/h1-10,13-17,26H,11-12H2,(H,27,28). The summed E-state index contributed by atoms with van der Waals surface area (Å²) in [6.45, 7) is 0. The van der Waals surface area contributed by atoms with Crippen LogP contribution in [-0.4, -0.2) is 19.5 Å². The van der Waals surface area contributed by atoms with Gasteiger partial charge in [0.1, 0.15) is 0 Å². The zero-order valence-corrected chi connectivity index (χ0v) is 17.5. The van der Waals surface area contributed by atoms with Crippen molar-refractivity contribution < 1.29 is 18.3 Å². The molecule has 0 atom stereocenters. The van der Waals surface area contributed by atoms with Gasteiger partial charge < -0.3 is 5.11 Å². The number of hydrogen-bond acceptors (Lipinski definition) is 3. The summed E-state index contributed by atoms with van der Waals surface area (Å²) in [5, 5.41) is 10.6. The lowest BCUT2D eigenvalue weighted by molar-refractivity contribution is 0.0696. The number of hydrogen-bond donors (Lipinski definition) is 2. The van der Waals surface area contributed by atoms with E-state index in [1.165, 1.54) is 0 Å². The Labute approximate surface area is 181 Å². The molecule has 156 valence electrons. The highest BCUT2D eigenvalue weighted by atomic mass is 32.2. The first-order chi connectivity index (χ1) is 14.9. The van der Waals surface area contributed by atoms with Crippen LogP contribution in [0.5, 0.6) is 0 Å². The van der Waals surface area contributed by atoms with Crippen molar-refractivity contribution in [2.75, 3.05) is 4.72 Å². The van der Waals surface area contributed by atoms with Crippen molar-refractivity contribution in [1.29, 1.82) is 0 Å². The van der Waals surface area contributed by atoms with E-state index in [0.29, 0.717) is 17.5 Å². The molecule has 0 aromatic heterocycles. The quantitative estimate of drug-likeness (QED) is 0.425. The number of aryl methyl sites for hydroxylation is 2. The maximum atomic E-state index is 12.9. The van der Waals surface area contributed by atoms with Gasteiger partial charge >= 0.3 is 5.97 Å². The third-order valence-corrected chi connectivity index (χ3v) is 6.56. The van der Waals surface area contributed by atoms with Gasteiger partial charge in [0.2, 0.25) is 0 Å². The second kappa shape index (κ2) is 8.62. The summed E-state index contributed by atoms with van der Waals surface area (Å²) in [4.78, 5) is 11.3. The topological polar surface area (TPSA) is 83.5 Å². The molecule has 0 fully saturated rings. The average Bonchev–Trinajstić information content (AvgIpc) is 2.78. The summed E-state index contributed by atoms with van der Waals surface area (Å²) in [6.07, 6.45) is 1.42. The highest BCUT2D eigenvalue weighted by Crippen LogP contribution is 2.25. The normalized spacial score (nSPS) is 11.4. The summed E-state index contributed by atoms with van der Waals surface area (Å²) in [7, 11) is -3.73. The number of fused-ring (bicyclic) bond motifs is 1. The van der Waals surface area contributed by atoms with E-state index in [4.69, 9.17) is 5.11 Å². The molecule has 0 spiro atoms. The van der Waals surface area contributed by atoms with Gasteiger partial charge in [-0.3, -0.25) is 4.72 Å². The van der Waals surface area contributed by atoms with Gasteiger partial charge in [-0.2, -0.15) is 0 Å². The molecule has 0 saturated heterocycles. The van der Waals surface area contributed by atoms with E-state index in [0.717, 1.165) is 22.9 Å². The van der Waals surface area contributed by atoms with Gasteiger partial charge in [0, 0.05) is 11.1 Å². The summed E-state index contributed by atoms with van der Waals surface area (Å²) in [5.41, 5.74) is 2.75. The Kier molecular flexibility index (Phi) is 5.73. The van der Waals surface area contributed by atoms with Crippen LogP contribution >= 0.6 is 0 Å². The Morgan fingerprint density at radius 1 is 0.774 bits per heavy atom. The van der Waals surface area contributed by atoms with Gasteiger partial charge in [0.05, 0.1) is 10.5 Å². The van der Waals surface area contributed by atoms with Gasteiger partial charge in [0.15, 0.2) is 0 Å². The summed E-state index contributed by atoms with van der Waals surface area (Å²) in [6, 6.07) is 26.7. The van der Waals surface area contributed by atoms with Crippen molar-refractivity contribution in [3.05, 3.63) is 108 Å². The van der Waals surface area contributed by atoms with Crippen LogP contribution in [0.1, 0.15) is 21.5 Å². The van der Waals surface area contributed by atoms with Gasteiger partial charge in [-0.25, -0.2) is 13.2 Å². The molecule has 0 unspecified atom stereocenters. The molecular formula is C25H21NO4S. The molecule has 0 aliphatic heterocycles. The molecule has 0 amide bonds. The van der Waals surface area contributed by atoms with E-state index >= 15 is 0 Å². The van der Waals surface area contributed by atoms with Crippen molar-refractivity contribution in [1.82, 2.24) is 0 Å². The first kappa shape index (κ1) is 20.6. The first-order valence-electron chi connectivity index (χ1n) is 9.84. The van der Waals surface area contributed by atoms with Crippen molar-refractivity contribution in [2.24, 2.45) is 0 Å². The fourth-order valence-electron chi connectivity index (χ4n) is 3.53. The van der Waals surface area contributed by atoms with Crippen LogP contribution in [0.3, 0.4) is 0 Å². The molecule has 0 saturated carbocycles. The van der Waals surface area contributed by atoms with Gasteiger partial charge in [-0.15, -0.1) is 0 Å². The Morgan fingerprint density at radius 3 is 2.23 bits per heavy atom. The molecule has 0 heterocycles. The fraction of sp³-hybridized carbons (Fsp3) is 0.0800. The first-order valence-corrected chi connectivity index (χ1v) is 11.3. The van der Waals surface area contributed by atoms with Crippen LogP contribution in [0.4, 0.5) is 5.69 Å². The summed E-state index contributed by atoms with van der Waals surface area (Å²) >= 11 is 0. The number of anilines is 1. The zero-order chi connectivity index (χ0) is 21.8. The zero-order valence-electron chi connectivity index (χ0n) is 16.7. The molecule has 0 bridgehead atoms. The third-order valence-electron chi connectivity index (χ3n) is 5.12. The van der Waals surface area contributed by atoms with Crippen LogP contribution in [0.15, 0.2) is 95.9 Å². The van der Waals surface area contributed by atoms with Crippen LogP contribution in [0.25, 0.3) is 10.8 Å². The second-order valence-corrected chi connectivity index (χ2v) is 8.94. The maximum absolute atomic E-state index is 12.9. The summed E-state index contributed by atoms with van der Waals surface area (Å²) in [5.74, 6) is -0.940. The lowest BCUT2D eigenvalue weighted by Crippen LogP contribution is -2.13. The van der Waals surface area contributed by atoms with Crippen molar-refractivity contribution in [3.8, 4) is 0 Å². The van der Waals surface area contributed by atoms with E-state index in [1.807, 2.05) is 42.5 Å². The number of aromatic carboxylic acids is 1. The highest BCUT2D eigenvalue weighted by Gasteiger charge is 2.17. The minimum Gasteiger partial charge on any atom is -0.478 e. The number of carboxylic acid groups (broad SMARTS) is 1. The molecule has 31 heavy (non-hydrogen) atoms. The number of rotatable bonds is 7. The largest absolute Gasteiger partial charge is 0.478 e. The Morgan fingerprint density at radius 2 is 1.45 bits per heavy atom. The van der Waals surface area contributed by atoms with Crippen LogP contribution in [-0.2, 0) is 22.9 Å². The van der Waals surface area contributed by atoms with Gasteiger partial charge in [-0.1, -0.05) is 60.7 Å². The monoisotopic (exact) mass is 431 g/mol. The maximum Gasteiger partial charge on any atom is 0.335 e. The van der Waals surface area contributed by atoms with Crippen molar-refractivity contribution >= 4 is 32.5 Å². The molecule has 4 aromatic rings. The van der Waals surface area contributed by atoms with E-state index in [9.17, 15) is 13.2 Å². The number of nitrogens with one attached hydrogen (secondary N) is 1. The smallest absolute Gasteiger partial charge is 0.335 e. The van der Waals surface area contributed by atoms with E-state index in [-0.39, 0.29) is 10.5 Å². The third kappa shape index (κ3) is 4.75. The molecule has 6 heteroatoms. The number of sulfonamides is 1. The predicted molar refractivity (Wildman–Crippen MR) is 122 cm³/mol. The highest BCUT2D eigenvalue weighted by molar-refractivity contribution is 7.93. The lowest BCUT2D eigenvalue weighted by atomic mass is 10.0. The van der Waals surface area contributed by atoms with Gasteiger partial charge in [-0.05, 0) is 59.7 Å². The molecular weight excluding hydrogens is 410 g/mol. The molecule has 4 aromatic carbocycles. The lowest BCUT2D eigenvalue weighted by Gasteiger charge is -2.11. The number of benzene rings is 4. The van der Waals surface area contributed by atoms with Crippen LogP contribution in [0, 0.1) is 0 Å². The van der Waals surface area contributed by atoms with Crippen LogP contribution in [0.2, 0.25) is 0 Å². The number of carboxylic acids is 1. The minimum atomic E-state index is -3.73. The van der Waals surface area contributed by atoms with E-state index in [2.05, 4.69) is 4.72 Å². The van der Waals surface area contributed by atoms with Crippen LogP contribution < -0.4 is 4.72 Å². The molecule has 0 radical (unpaired) electrons. The van der Waals surface area contributed by atoms with Gasteiger partial charge in [0.25, 0.3) is 10.0 Å². The molecule has 4 rings (SSSR count). The molecule has 0 aliphatic rings. The SMILES string of the molecule is O=C(O)c1cccc(CCc2ccc(NS(=O)(=O)c3cccc4ccccc34)cc2)c1. The molecule has 2 N–H and O–H groups in total. The van der Waals surface area contributed by atoms with Crippen molar-refractivity contribution in [3.63, 3.8) is 0 Å². The second-order valence-electron chi connectivity index (χ2n) is 7.29. The molecule has 5 nitrogen and oxygen atoms in total. The fourth-order valence-corrected chi connectivity index (χ4v) is 4.82. The Balaban J connectivity index is 1.47. The Bertz CT molecular complexity index is 1340. The minimum absolute atomic E-state index is 0.244. The summed E-state index contributed by atoms with van der Waals surface area (Å²) < 4.78 is 28.5. The Hall–Kier alpha value is -3.64. The number of carbonyl (C=O) groups is 1. The molecule has 0 aliphatic carbocycles. The predicted octanol–water partition coefficient (Wildman–Crippen LogP) is 5.12. The van der Waals surface area contributed by atoms with E-state index in [1.54, 1.807) is 48.5 Å². The van der Waals surface area contributed by atoms with E-state index < -0.39 is 16.0 Å². The average molecular weight is 432 g/mol. The van der Waals surface area contributed by atoms with Crippen molar-refractivity contribution in [2.45, 2.75) is 17.7 Å².